The first-order valence-corrected chi connectivity index (χ1v) is 6.64. The van der Waals surface area contributed by atoms with Gasteiger partial charge in [0.15, 0.2) is 5.82 Å². The molecule has 0 aromatic carbocycles. The minimum absolute atomic E-state index is 0.0847. The van der Waals surface area contributed by atoms with Gasteiger partial charge < -0.3 is 9.42 Å². The molecule has 1 aromatic heterocycles. The van der Waals surface area contributed by atoms with Crippen LogP contribution in [0, 0.1) is 0 Å². The number of aromatic nitrogens is 2. The van der Waals surface area contributed by atoms with E-state index >= 15 is 0 Å². The predicted octanol–water partition coefficient (Wildman–Crippen LogP) is 0.949. The van der Waals surface area contributed by atoms with Crippen LogP contribution >= 0.6 is 0 Å². The van der Waals surface area contributed by atoms with E-state index in [1.807, 2.05) is 6.92 Å². The van der Waals surface area contributed by atoms with Gasteiger partial charge in [-0.05, 0) is 19.3 Å². The van der Waals surface area contributed by atoms with Gasteiger partial charge in [0.05, 0.1) is 0 Å². The molecule has 0 aliphatic carbocycles. The summed E-state index contributed by atoms with van der Waals surface area (Å²) in [6.07, 6.45) is 3.32. The van der Waals surface area contributed by atoms with Crippen LogP contribution in [0.3, 0.4) is 0 Å². The van der Waals surface area contributed by atoms with Gasteiger partial charge in [-0.2, -0.15) is 4.98 Å². The van der Waals surface area contributed by atoms with Crippen LogP contribution in [-0.4, -0.2) is 44.5 Å². The fraction of sp³-hybridized carbons (Fsp3) is 0.667. The molecule has 3 rings (SSSR count). The van der Waals surface area contributed by atoms with E-state index in [1.165, 1.54) is 4.90 Å². The molecular formula is C12H16N4O3. The molecule has 0 N–H and O–H groups in total. The van der Waals surface area contributed by atoms with Gasteiger partial charge in [0.2, 0.25) is 5.89 Å². The summed E-state index contributed by atoms with van der Waals surface area (Å²) in [6.45, 7) is 2.77. The van der Waals surface area contributed by atoms with Crippen LogP contribution in [0.5, 0.6) is 0 Å². The minimum atomic E-state index is -0.273. The lowest BCUT2D eigenvalue weighted by Gasteiger charge is -2.13. The SMILES string of the molecule is CCCc1noc(CN2C(=O)C3CCCN3C2=O)n1. The molecule has 0 radical (unpaired) electrons. The Labute approximate surface area is 110 Å². The number of urea groups is 1. The van der Waals surface area contributed by atoms with Crippen LogP contribution in [0.2, 0.25) is 0 Å². The summed E-state index contributed by atoms with van der Waals surface area (Å²) in [7, 11) is 0. The van der Waals surface area contributed by atoms with Crippen LogP contribution in [0.1, 0.15) is 37.9 Å². The van der Waals surface area contributed by atoms with Crippen molar-refractivity contribution >= 4 is 11.9 Å². The molecule has 1 atom stereocenters. The summed E-state index contributed by atoms with van der Waals surface area (Å²) in [5.74, 6) is 0.807. The van der Waals surface area contributed by atoms with Crippen LogP contribution in [-0.2, 0) is 17.8 Å². The van der Waals surface area contributed by atoms with Crippen molar-refractivity contribution in [1.29, 1.82) is 0 Å². The lowest BCUT2D eigenvalue weighted by Crippen LogP contribution is -2.32. The minimum Gasteiger partial charge on any atom is -0.337 e. The Balaban J connectivity index is 1.72. The highest BCUT2D eigenvalue weighted by Gasteiger charge is 2.47. The third-order valence-corrected chi connectivity index (χ3v) is 3.56. The van der Waals surface area contributed by atoms with E-state index in [2.05, 4.69) is 10.1 Å². The molecule has 7 nitrogen and oxygen atoms in total. The van der Waals surface area contributed by atoms with E-state index < -0.39 is 0 Å². The van der Waals surface area contributed by atoms with Crippen molar-refractivity contribution in [3.63, 3.8) is 0 Å². The molecule has 1 aromatic rings. The van der Waals surface area contributed by atoms with Crippen LogP contribution in [0.15, 0.2) is 4.52 Å². The molecule has 3 heterocycles. The quantitative estimate of drug-likeness (QED) is 0.756. The third-order valence-electron chi connectivity index (χ3n) is 3.56. The zero-order chi connectivity index (χ0) is 13.4. The number of carbonyl (C=O) groups excluding carboxylic acids is 2. The molecule has 1 unspecified atom stereocenters. The second kappa shape index (κ2) is 4.64. The van der Waals surface area contributed by atoms with Crippen molar-refractivity contribution in [2.24, 2.45) is 0 Å². The normalized spacial score (nSPS) is 22.5. The van der Waals surface area contributed by atoms with Gasteiger partial charge in [0.1, 0.15) is 12.6 Å². The smallest absolute Gasteiger partial charge is 0.327 e. The number of hydrogen-bond donors (Lipinski definition) is 0. The first kappa shape index (κ1) is 12.1. The molecule has 102 valence electrons. The number of fused-ring (bicyclic) bond motifs is 1. The zero-order valence-electron chi connectivity index (χ0n) is 10.8. The molecule has 2 aliphatic rings. The van der Waals surface area contributed by atoms with Crippen LogP contribution in [0.4, 0.5) is 4.79 Å². The van der Waals surface area contributed by atoms with Gasteiger partial charge in [0, 0.05) is 13.0 Å². The van der Waals surface area contributed by atoms with Crippen molar-refractivity contribution in [2.75, 3.05) is 6.54 Å². The van der Waals surface area contributed by atoms with Gasteiger partial charge in [-0.25, -0.2) is 4.79 Å². The van der Waals surface area contributed by atoms with Gasteiger partial charge in [-0.15, -0.1) is 0 Å². The maximum Gasteiger partial charge on any atom is 0.327 e. The summed E-state index contributed by atoms with van der Waals surface area (Å²) < 4.78 is 5.07. The van der Waals surface area contributed by atoms with Crippen molar-refractivity contribution in [2.45, 2.75) is 45.2 Å². The number of aryl methyl sites for hydroxylation is 1. The molecule has 2 saturated heterocycles. The average molecular weight is 264 g/mol. The Bertz CT molecular complexity index is 491. The third kappa shape index (κ3) is 1.98. The van der Waals surface area contributed by atoms with Crippen molar-refractivity contribution in [3.05, 3.63) is 11.7 Å². The van der Waals surface area contributed by atoms with Gasteiger partial charge in [0.25, 0.3) is 5.91 Å². The topological polar surface area (TPSA) is 79.5 Å². The molecule has 19 heavy (non-hydrogen) atoms. The number of carbonyl (C=O) groups is 2. The number of amides is 3. The van der Waals surface area contributed by atoms with Crippen LogP contribution < -0.4 is 0 Å². The standard InChI is InChI=1S/C12H16N4O3/c1-2-4-9-13-10(19-14-9)7-16-11(17)8-5-3-6-15(8)12(16)18/h8H,2-7H2,1H3. The van der Waals surface area contributed by atoms with E-state index in [0.29, 0.717) is 18.3 Å². The second-order valence-corrected chi connectivity index (χ2v) is 4.91. The highest BCUT2D eigenvalue weighted by atomic mass is 16.5. The van der Waals surface area contributed by atoms with Gasteiger partial charge in [-0.1, -0.05) is 12.1 Å². The van der Waals surface area contributed by atoms with Crippen molar-refractivity contribution in [1.82, 2.24) is 19.9 Å². The lowest BCUT2D eigenvalue weighted by atomic mass is 10.2. The Morgan fingerprint density at radius 2 is 2.26 bits per heavy atom. The summed E-state index contributed by atoms with van der Waals surface area (Å²) in [5, 5.41) is 3.82. The Morgan fingerprint density at radius 3 is 3.00 bits per heavy atom. The summed E-state index contributed by atoms with van der Waals surface area (Å²) in [4.78, 5) is 31.2. The van der Waals surface area contributed by atoms with Gasteiger partial charge in [-0.3, -0.25) is 9.69 Å². The first-order valence-electron chi connectivity index (χ1n) is 6.64. The maximum absolute atomic E-state index is 12.1. The zero-order valence-corrected chi connectivity index (χ0v) is 10.8. The van der Waals surface area contributed by atoms with E-state index in [1.54, 1.807) is 4.90 Å². The highest BCUT2D eigenvalue weighted by Crippen LogP contribution is 2.28. The highest BCUT2D eigenvalue weighted by molar-refractivity contribution is 6.04. The first-order chi connectivity index (χ1) is 9.20. The molecule has 2 fully saturated rings. The Morgan fingerprint density at radius 1 is 1.42 bits per heavy atom. The molecule has 7 heteroatoms. The molecule has 2 aliphatic heterocycles. The fourth-order valence-corrected chi connectivity index (χ4v) is 2.64. The number of rotatable bonds is 4. The van der Waals surface area contributed by atoms with Crippen molar-refractivity contribution < 1.29 is 14.1 Å². The Hall–Kier alpha value is -1.92. The molecule has 0 spiro atoms. The lowest BCUT2D eigenvalue weighted by molar-refractivity contribution is -0.128. The molecule has 0 saturated carbocycles. The molecule has 0 bridgehead atoms. The maximum atomic E-state index is 12.1. The van der Waals surface area contributed by atoms with E-state index in [9.17, 15) is 9.59 Å². The summed E-state index contributed by atoms with van der Waals surface area (Å²) in [6, 6.07) is -0.506. The van der Waals surface area contributed by atoms with Crippen molar-refractivity contribution in [3.8, 4) is 0 Å². The largest absolute Gasteiger partial charge is 0.337 e. The van der Waals surface area contributed by atoms with Crippen LogP contribution in [0.25, 0.3) is 0 Å². The Kier molecular flexibility index (Phi) is 2.96. The van der Waals surface area contributed by atoms with E-state index in [-0.39, 0.29) is 24.5 Å². The number of hydrogen-bond acceptors (Lipinski definition) is 5. The number of imide groups is 1. The van der Waals surface area contributed by atoms with E-state index in [0.717, 1.165) is 25.7 Å². The summed E-state index contributed by atoms with van der Waals surface area (Å²) in [5.41, 5.74) is 0. The average Bonchev–Trinajstić information content (AvgIpc) is 3.07. The monoisotopic (exact) mass is 264 g/mol. The molecular weight excluding hydrogens is 248 g/mol. The summed E-state index contributed by atoms with van der Waals surface area (Å²) >= 11 is 0. The fourth-order valence-electron chi connectivity index (χ4n) is 2.64. The van der Waals surface area contributed by atoms with E-state index in [4.69, 9.17) is 4.52 Å². The van der Waals surface area contributed by atoms with Gasteiger partial charge >= 0.3 is 6.03 Å². The second-order valence-electron chi connectivity index (χ2n) is 4.91. The number of nitrogens with zero attached hydrogens (tertiary/aromatic N) is 4. The molecule has 3 amide bonds. The predicted molar refractivity (Wildman–Crippen MR) is 64.0 cm³/mol.